The highest BCUT2D eigenvalue weighted by Crippen LogP contribution is 2.46. The molecule has 0 bridgehead atoms. The molecule has 0 radical (unpaired) electrons. The van der Waals surface area contributed by atoms with Gasteiger partial charge in [0, 0.05) is 0 Å². The van der Waals surface area contributed by atoms with E-state index in [1.807, 2.05) is 0 Å². The van der Waals surface area contributed by atoms with Crippen molar-refractivity contribution in [1.82, 2.24) is 0 Å². The number of benzene rings is 4. The van der Waals surface area contributed by atoms with E-state index in [0.29, 0.717) is 0 Å². The fraction of sp³-hybridized carbons (Fsp3) is 0. The average Bonchev–Trinajstić information content (AvgIpc) is 2.67. The highest BCUT2D eigenvalue weighted by atomic mass is 14.2. The van der Waals surface area contributed by atoms with Crippen molar-refractivity contribution >= 4 is 13.3 Å². The van der Waals surface area contributed by atoms with Crippen molar-refractivity contribution in [3.63, 3.8) is 0 Å². The van der Waals surface area contributed by atoms with Gasteiger partial charge in [0.15, 0.2) is 0 Å². The molecule has 0 spiro atoms. The minimum Gasteiger partial charge on any atom is -0.0806 e. The third-order valence-corrected chi connectivity index (χ3v) is 5.19. The molecular formula is C24H17B. The lowest BCUT2D eigenvalue weighted by atomic mass is 9.76. The Kier molecular flexibility index (Phi) is 3.14. The van der Waals surface area contributed by atoms with Crippen molar-refractivity contribution in [2.24, 2.45) is 0 Å². The van der Waals surface area contributed by atoms with E-state index < -0.39 is 0 Å². The third-order valence-electron chi connectivity index (χ3n) is 5.19. The Morgan fingerprint density at radius 2 is 0.720 bits per heavy atom. The van der Waals surface area contributed by atoms with Crippen molar-refractivity contribution in [2.45, 2.75) is 0 Å². The van der Waals surface area contributed by atoms with Gasteiger partial charge in [-0.25, -0.2) is 0 Å². The lowest BCUT2D eigenvalue weighted by Gasteiger charge is -2.24. The van der Waals surface area contributed by atoms with Crippen LogP contribution in [0.5, 0.6) is 0 Å². The standard InChI is InChI=1S/C24H17B/c25-23-15-7-14-22-20-11-4-3-10-18(20)16-8-1-2-9-17(16)19-12-5-6-13-21(19)24(22)23/h1-15H,25H2. The summed E-state index contributed by atoms with van der Waals surface area (Å²) in [6, 6.07) is 33.0. The van der Waals surface area contributed by atoms with Crippen LogP contribution in [-0.2, 0) is 0 Å². The molecule has 0 saturated heterocycles. The predicted octanol–water partition coefficient (Wildman–Crippen LogP) is 4.93. The van der Waals surface area contributed by atoms with Gasteiger partial charge < -0.3 is 0 Å². The summed E-state index contributed by atoms with van der Waals surface area (Å²) in [6.07, 6.45) is 0. The molecule has 4 aromatic carbocycles. The number of fused-ring (bicyclic) bond motifs is 8. The van der Waals surface area contributed by atoms with Crippen LogP contribution in [0.2, 0.25) is 0 Å². The molecule has 5 rings (SSSR count). The van der Waals surface area contributed by atoms with Gasteiger partial charge >= 0.3 is 0 Å². The van der Waals surface area contributed by atoms with Crippen LogP contribution in [0, 0.1) is 0 Å². The predicted molar refractivity (Wildman–Crippen MR) is 110 cm³/mol. The van der Waals surface area contributed by atoms with Gasteiger partial charge in [-0.3, -0.25) is 0 Å². The second-order valence-corrected chi connectivity index (χ2v) is 6.63. The first-order valence-corrected chi connectivity index (χ1v) is 8.73. The zero-order valence-electron chi connectivity index (χ0n) is 14.2. The molecule has 0 atom stereocenters. The quantitative estimate of drug-likeness (QED) is 0.356. The molecule has 0 saturated carbocycles. The van der Waals surface area contributed by atoms with Crippen LogP contribution in [0.15, 0.2) is 91.0 Å². The van der Waals surface area contributed by atoms with Crippen LogP contribution >= 0.6 is 0 Å². The van der Waals surface area contributed by atoms with Gasteiger partial charge in [0.2, 0.25) is 0 Å². The lowest BCUT2D eigenvalue weighted by Crippen LogP contribution is -2.10. The van der Waals surface area contributed by atoms with Gasteiger partial charge in [-0.15, -0.1) is 0 Å². The molecule has 0 amide bonds. The normalized spacial score (nSPS) is 11.4. The van der Waals surface area contributed by atoms with Crippen molar-refractivity contribution in [1.29, 1.82) is 0 Å². The minimum absolute atomic E-state index is 1.30. The fourth-order valence-corrected chi connectivity index (χ4v) is 4.09. The lowest BCUT2D eigenvalue weighted by molar-refractivity contribution is 1.53. The molecule has 116 valence electrons. The maximum atomic E-state index is 2.26. The summed E-state index contributed by atoms with van der Waals surface area (Å²) in [7, 11) is 2.21. The Morgan fingerprint density at radius 3 is 1.24 bits per heavy atom. The molecule has 0 unspecified atom stereocenters. The van der Waals surface area contributed by atoms with Gasteiger partial charge in [0.25, 0.3) is 0 Å². The van der Waals surface area contributed by atoms with Gasteiger partial charge in [-0.1, -0.05) is 96.5 Å². The number of rotatable bonds is 0. The monoisotopic (exact) mass is 316 g/mol. The first-order chi connectivity index (χ1) is 12.3. The first-order valence-electron chi connectivity index (χ1n) is 8.73. The summed E-state index contributed by atoms with van der Waals surface area (Å²) in [6.45, 7) is 0. The summed E-state index contributed by atoms with van der Waals surface area (Å²) in [4.78, 5) is 0. The van der Waals surface area contributed by atoms with E-state index in [0.717, 1.165) is 0 Å². The molecule has 0 aromatic heterocycles. The van der Waals surface area contributed by atoms with E-state index in [4.69, 9.17) is 0 Å². The van der Waals surface area contributed by atoms with Crippen molar-refractivity contribution < 1.29 is 0 Å². The molecular weight excluding hydrogens is 299 g/mol. The van der Waals surface area contributed by atoms with E-state index in [1.165, 1.54) is 50.0 Å². The Balaban J connectivity index is 2.03. The van der Waals surface area contributed by atoms with Crippen LogP contribution in [0.4, 0.5) is 0 Å². The van der Waals surface area contributed by atoms with E-state index in [-0.39, 0.29) is 0 Å². The minimum atomic E-state index is 1.30. The third kappa shape index (κ3) is 2.09. The topological polar surface area (TPSA) is 0 Å². The van der Waals surface area contributed by atoms with Gasteiger partial charge in [-0.2, -0.15) is 0 Å². The van der Waals surface area contributed by atoms with Crippen LogP contribution in [-0.4, -0.2) is 7.85 Å². The zero-order chi connectivity index (χ0) is 16.8. The molecule has 1 heteroatoms. The Bertz CT molecular complexity index is 1100. The van der Waals surface area contributed by atoms with Crippen LogP contribution in [0.3, 0.4) is 0 Å². The zero-order valence-corrected chi connectivity index (χ0v) is 14.2. The molecule has 1 aliphatic rings. The molecule has 0 nitrogen and oxygen atoms in total. The molecule has 0 N–H and O–H groups in total. The van der Waals surface area contributed by atoms with Crippen molar-refractivity contribution in [3.8, 4) is 44.5 Å². The Morgan fingerprint density at radius 1 is 0.360 bits per heavy atom. The Hall–Kier alpha value is -3.06. The second-order valence-electron chi connectivity index (χ2n) is 6.63. The highest BCUT2D eigenvalue weighted by Gasteiger charge is 2.21. The van der Waals surface area contributed by atoms with Gasteiger partial charge in [-0.05, 0) is 44.5 Å². The van der Waals surface area contributed by atoms with Crippen molar-refractivity contribution in [2.75, 3.05) is 0 Å². The van der Waals surface area contributed by atoms with E-state index in [1.54, 1.807) is 0 Å². The smallest absolute Gasteiger partial charge is 0.0806 e. The Labute approximate surface area is 149 Å². The second kappa shape index (κ2) is 5.49. The van der Waals surface area contributed by atoms with Crippen molar-refractivity contribution in [3.05, 3.63) is 91.0 Å². The molecule has 4 aromatic rings. The van der Waals surface area contributed by atoms with Gasteiger partial charge in [0.1, 0.15) is 7.85 Å². The number of hydrogen-bond acceptors (Lipinski definition) is 0. The molecule has 1 aliphatic carbocycles. The largest absolute Gasteiger partial charge is 0.140 e. The van der Waals surface area contributed by atoms with E-state index in [9.17, 15) is 0 Å². The number of hydrogen-bond donors (Lipinski definition) is 0. The highest BCUT2D eigenvalue weighted by molar-refractivity contribution is 6.37. The van der Waals surface area contributed by atoms with E-state index >= 15 is 0 Å². The summed E-state index contributed by atoms with van der Waals surface area (Å²) in [5, 5.41) is 0. The molecule has 0 heterocycles. The summed E-state index contributed by atoms with van der Waals surface area (Å²) >= 11 is 0. The van der Waals surface area contributed by atoms with Crippen LogP contribution < -0.4 is 5.46 Å². The van der Waals surface area contributed by atoms with Crippen LogP contribution in [0.25, 0.3) is 44.5 Å². The SMILES string of the molecule is Bc1cccc2c1-c1ccccc1-c1ccccc1-c1ccccc1-2. The summed E-state index contributed by atoms with van der Waals surface area (Å²) in [5.74, 6) is 0. The molecule has 25 heavy (non-hydrogen) atoms. The summed E-state index contributed by atoms with van der Waals surface area (Å²) < 4.78 is 0. The molecule has 0 fully saturated rings. The fourth-order valence-electron chi connectivity index (χ4n) is 4.09. The maximum Gasteiger partial charge on any atom is 0.140 e. The first kappa shape index (κ1) is 14.3. The maximum absolute atomic E-state index is 2.26. The summed E-state index contributed by atoms with van der Waals surface area (Å²) in [5.41, 5.74) is 11.8. The van der Waals surface area contributed by atoms with E-state index in [2.05, 4.69) is 98.8 Å². The van der Waals surface area contributed by atoms with Gasteiger partial charge in [0.05, 0.1) is 0 Å². The molecule has 0 aliphatic heterocycles. The average molecular weight is 316 g/mol. The van der Waals surface area contributed by atoms with Crippen LogP contribution in [0.1, 0.15) is 0 Å².